The van der Waals surface area contributed by atoms with Crippen molar-refractivity contribution in [2.24, 2.45) is 0 Å². The molecule has 0 saturated carbocycles. The number of nitrogens with zero attached hydrogens (tertiary/aromatic N) is 1. The van der Waals surface area contributed by atoms with E-state index in [1.54, 1.807) is 0 Å². The SMILES string of the molecule is CCCn1ccc2cc(NC(=O)c3cc(S(=O)(=O)NC)ccc3Cl)ccc21. The van der Waals surface area contributed by atoms with Crippen molar-refractivity contribution in [3.05, 3.63) is 59.2 Å². The highest BCUT2D eigenvalue weighted by atomic mass is 35.5. The number of anilines is 1. The van der Waals surface area contributed by atoms with Gasteiger partial charge in [-0.3, -0.25) is 4.79 Å². The Labute approximate surface area is 163 Å². The summed E-state index contributed by atoms with van der Waals surface area (Å²) in [6, 6.07) is 11.6. The van der Waals surface area contributed by atoms with E-state index in [4.69, 9.17) is 11.6 Å². The Hall–Kier alpha value is -2.35. The monoisotopic (exact) mass is 405 g/mol. The lowest BCUT2D eigenvalue weighted by Crippen LogP contribution is -2.20. The van der Waals surface area contributed by atoms with Gasteiger partial charge in [0.2, 0.25) is 10.0 Å². The van der Waals surface area contributed by atoms with Gasteiger partial charge in [0.25, 0.3) is 5.91 Å². The predicted octanol–water partition coefficient (Wildman–Crippen LogP) is 3.87. The molecule has 0 unspecified atom stereocenters. The number of benzene rings is 2. The van der Waals surface area contributed by atoms with Crippen molar-refractivity contribution < 1.29 is 13.2 Å². The molecule has 142 valence electrons. The number of aromatic nitrogens is 1. The molecule has 0 spiro atoms. The molecule has 3 rings (SSSR count). The van der Waals surface area contributed by atoms with Crippen molar-refractivity contribution in [3.8, 4) is 0 Å². The number of nitrogens with one attached hydrogen (secondary N) is 2. The van der Waals surface area contributed by atoms with Gasteiger partial charge < -0.3 is 9.88 Å². The van der Waals surface area contributed by atoms with E-state index in [1.807, 2.05) is 30.5 Å². The number of carbonyl (C=O) groups excluding carboxylic acids is 1. The minimum Gasteiger partial charge on any atom is -0.347 e. The average Bonchev–Trinajstić information content (AvgIpc) is 3.04. The number of amides is 1. The summed E-state index contributed by atoms with van der Waals surface area (Å²) in [4.78, 5) is 12.6. The van der Waals surface area contributed by atoms with E-state index >= 15 is 0 Å². The zero-order valence-corrected chi connectivity index (χ0v) is 16.6. The lowest BCUT2D eigenvalue weighted by molar-refractivity contribution is 0.102. The fraction of sp³-hybridized carbons (Fsp3) is 0.211. The van der Waals surface area contributed by atoms with E-state index in [1.165, 1.54) is 25.2 Å². The van der Waals surface area contributed by atoms with Crippen molar-refractivity contribution in [1.82, 2.24) is 9.29 Å². The first-order valence-corrected chi connectivity index (χ1v) is 10.3. The van der Waals surface area contributed by atoms with Crippen molar-refractivity contribution in [2.75, 3.05) is 12.4 Å². The molecule has 3 aromatic rings. The summed E-state index contributed by atoms with van der Waals surface area (Å²) in [5.41, 5.74) is 1.80. The highest BCUT2D eigenvalue weighted by Gasteiger charge is 2.17. The Bertz CT molecular complexity index is 1110. The molecule has 1 aromatic heterocycles. The average molecular weight is 406 g/mol. The molecular weight excluding hydrogens is 386 g/mol. The van der Waals surface area contributed by atoms with Crippen LogP contribution >= 0.6 is 11.6 Å². The standard InChI is InChI=1S/C19H20ClN3O3S/c1-3-9-23-10-8-13-11-14(4-7-18(13)23)22-19(24)16-12-15(5-6-17(16)20)27(25,26)21-2/h4-8,10-12,21H,3,9H2,1-2H3,(H,22,24). The number of halogens is 1. The molecule has 0 aliphatic carbocycles. The second kappa shape index (κ2) is 7.72. The second-order valence-electron chi connectivity index (χ2n) is 6.09. The topological polar surface area (TPSA) is 80.2 Å². The first-order chi connectivity index (χ1) is 12.9. The fourth-order valence-corrected chi connectivity index (χ4v) is 3.83. The van der Waals surface area contributed by atoms with Gasteiger partial charge in [0.1, 0.15) is 0 Å². The van der Waals surface area contributed by atoms with Crippen LogP contribution in [-0.2, 0) is 16.6 Å². The van der Waals surface area contributed by atoms with E-state index < -0.39 is 15.9 Å². The molecule has 1 heterocycles. The van der Waals surface area contributed by atoms with Gasteiger partial charge in [-0.15, -0.1) is 0 Å². The Balaban J connectivity index is 1.89. The third-order valence-corrected chi connectivity index (χ3v) is 6.00. The summed E-state index contributed by atoms with van der Waals surface area (Å²) < 4.78 is 28.3. The molecule has 0 radical (unpaired) electrons. The molecule has 27 heavy (non-hydrogen) atoms. The summed E-state index contributed by atoms with van der Waals surface area (Å²) in [5, 5.41) is 3.97. The van der Waals surface area contributed by atoms with Gasteiger partial charge in [0.05, 0.1) is 15.5 Å². The number of fused-ring (bicyclic) bond motifs is 1. The molecule has 2 aromatic carbocycles. The third kappa shape index (κ3) is 4.00. The zero-order valence-electron chi connectivity index (χ0n) is 15.0. The quantitative estimate of drug-likeness (QED) is 0.653. The molecule has 2 N–H and O–H groups in total. The molecule has 0 aliphatic rings. The van der Waals surface area contributed by atoms with E-state index in [2.05, 4.69) is 21.5 Å². The Morgan fingerprint density at radius 2 is 1.93 bits per heavy atom. The third-order valence-electron chi connectivity index (χ3n) is 4.25. The smallest absolute Gasteiger partial charge is 0.257 e. The van der Waals surface area contributed by atoms with Crippen LogP contribution in [0, 0.1) is 0 Å². The highest BCUT2D eigenvalue weighted by Crippen LogP contribution is 2.24. The number of carbonyl (C=O) groups is 1. The van der Waals surface area contributed by atoms with Crippen LogP contribution < -0.4 is 10.0 Å². The van der Waals surface area contributed by atoms with Crippen LogP contribution in [-0.4, -0.2) is 25.9 Å². The number of rotatable bonds is 6. The van der Waals surface area contributed by atoms with Crippen molar-refractivity contribution in [3.63, 3.8) is 0 Å². The molecule has 1 amide bonds. The Morgan fingerprint density at radius 1 is 1.15 bits per heavy atom. The van der Waals surface area contributed by atoms with Gasteiger partial charge >= 0.3 is 0 Å². The van der Waals surface area contributed by atoms with Crippen LogP contribution in [0.5, 0.6) is 0 Å². The van der Waals surface area contributed by atoms with Crippen LogP contribution in [0.3, 0.4) is 0 Å². The summed E-state index contributed by atoms with van der Waals surface area (Å²) in [6.07, 6.45) is 3.05. The summed E-state index contributed by atoms with van der Waals surface area (Å²) in [7, 11) is -2.36. The first kappa shape index (κ1) is 19.4. The lowest BCUT2D eigenvalue weighted by Gasteiger charge is -2.10. The van der Waals surface area contributed by atoms with Crippen LogP contribution in [0.1, 0.15) is 23.7 Å². The van der Waals surface area contributed by atoms with Gasteiger partial charge in [-0.1, -0.05) is 18.5 Å². The van der Waals surface area contributed by atoms with E-state index in [9.17, 15) is 13.2 Å². The van der Waals surface area contributed by atoms with Crippen molar-refractivity contribution >= 4 is 44.1 Å². The number of hydrogen-bond donors (Lipinski definition) is 2. The van der Waals surface area contributed by atoms with E-state index in [-0.39, 0.29) is 15.5 Å². The molecular formula is C19H20ClN3O3S. The van der Waals surface area contributed by atoms with E-state index in [0.29, 0.717) is 5.69 Å². The summed E-state index contributed by atoms with van der Waals surface area (Å²) in [6.45, 7) is 3.05. The second-order valence-corrected chi connectivity index (χ2v) is 8.38. The van der Waals surface area contributed by atoms with Gasteiger partial charge in [-0.25, -0.2) is 13.1 Å². The lowest BCUT2D eigenvalue weighted by atomic mass is 10.2. The van der Waals surface area contributed by atoms with Crippen molar-refractivity contribution in [2.45, 2.75) is 24.8 Å². The van der Waals surface area contributed by atoms with Crippen LogP contribution in [0.4, 0.5) is 5.69 Å². The molecule has 0 atom stereocenters. The molecule has 0 saturated heterocycles. The summed E-state index contributed by atoms with van der Waals surface area (Å²) in [5.74, 6) is -0.472. The van der Waals surface area contributed by atoms with Crippen LogP contribution in [0.15, 0.2) is 53.6 Å². The number of sulfonamides is 1. The normalized spacial score (nSPS) is 11.7. The van der Waals surface area contributed by atoms with Gasteiger partial charge in [0, 0.05) is 29.3 Å². The molecule has 0 bridgehead atoms. The maximum Gasteiger partial charge on any atom is 0.257 e. The molecule has 0 fully saturated rings. The largest absolute Gasteiger partial charge is 0.347 e. The first-order valence-electron chi connectivity index (χ1n) is 8.49. The van der Waals surface area contributed by atoms with Crippen LogP contribution in [0.2, 0.25) is 5.02 Å². The zero-order chi connectivity index (χ0) is 19.6. The Morgan fingerprint density at radius 3 is 2.63 bits per heavy atom. The van der Waals surface area contributed by atoms with Crippen LogP contribution in [0.25, 0.3) is 10.9 Å². The van der Waals surface area contributed by atoms with Crippen molar-refractivity contribution in [1.29, 1.82) is 0 Å². The van der Waals surface area contributed by atoms with Gasteiger partial charge in [0.15, 0.2) is 0 Å². The molecule has 8 heteroatoms. The number of hydrogen-bond acceptors (Lipinski definition) is 3. The minimum atomic E-state index is -3.67. The predicted molar refractivity (Wildman–Crippen MR) is 108 cm³/mol. The maximum absolute atomic E-state index is 12.6. The summed E-state index contributed by atoms with van der Waals surface area (Å²) >= 11 is 6.10. The van der Waals surface area contributed by atoms with Gasteiger partial charge in [-0.05, 0) is 55.9 Å². The van der Waals surface area contributed by atoms with E-state index in [0.717, 1.165) is 23.9 Å². The fourth-order valence-electron chi connectivity index (χ4n) is 2.88. The molecule has 0 aliphatic heterocycles. The minimum absolute atomic E-state index is 0.0216. The van der Waals surface area contributed by atoms with Gasteiger partial charge in [-0.2, -0.15) is 0 Å². The Kier molecular flexibility index (Phi) is 5.55. The highest BCUT2D eigenvalue weighted by molar-refractivity contribution is 7.89. The molecule has 6 nitrogen and oxygen atoms in total. The maximum atomic E-state index is 12.6. The number of aryl methyl sites for hydroxylation is 1.